The molecule has 0 atom stereocenters. The number of carbonyl (C=O) groups is 4. The Bertz CT molecular complexity index is 1320. The van der Waals surface area contributed by atoms with Crippen LogP contribution in [-0.2, 0) is 25.7 Å². The molecule has 1 fully saturated rings. The predicted octanol–water partition coefficient (Wildman–Crippen LogP) is 3.10. The van der Waals surface area contributed by atoms with Crippen LogP contribution >= 0.6 is 0 Å². The van der Waals surface area contributed by atoms with E-state index in [-0.39, 0.29) is 12.1 Å². The second-order valence-electron chi connectivity index (χ2n) is 7.48. The number of urea groups is 1. The molecule has 0 spiro atoms. The average Bonchev–Trinajstić information content (AvgIpc) is 3.11. The molecule has 1 saturated heterocycles. The number of aryl methyl sites for hydroxylation is 1. The summed E-state index contributed by atoms with van der Waals surface area (Å²) in [4.78, 5) is 51.2. The number of anilines is 1. The molecular weight excluding hydrogens is 410 g/mol. The first-order valence-corrected chi connectivity index (χ1v) is 9.94. The van der Waals surface area contributed by atoms with Crippen molar-refractivity contribution in [1.82, 2.24) is 9.88 Å². The van der Waals surface area contributed by atoms with E-state index in [4.69, 9.17) is 4.74 Å². The number of nitrogens with zero attached hydrogens (tertiary/aromatic N) is 2. The number of para-hydroxylation sites is 1. The molecular formula is C24H21N3O5. The monoisotopic (exact) mass is 431 g/mol. The number of esters is 1. The maximum absolute atomic E-state index is 13.3. The lowest BCUT2D eigenvalue weighted by atomic mass is 10.0. The van der Waals surface area contributed by atoms with Crippen LogP contribution in [0.25, 0.3) is 17.0 Å². The van der Waals surface area contributed by atoms with Gasteiger partial charge in [-0.25, -0.2) is 9.69 Å². The molecule has 1 aliphatic rings. The number of ether oxygens (including phenoxy) is 1. The van der Waals surface area contributed by atoms with E-state index in [0.29, 0.717) is 11.3 Å². The van der Waals surface area contributed by atoms with Crippen molar-refractivity contribution in [2.75, 3.05) is 12.0 Å². The SMILES string of the molecule is COC(=O)Cn1cc(C=C2C(=O)NC(=O)N(c3cccc(C)c3C)C2=O)c2ccccc21. The maximum Gasteiger partial charge on any atom is 0.335 e. The highest BCUT2D eigenvalue weighted by molar-refractivity contribution is 6.39. The van der Waals surface area contributed by atoms with Crippen LogP contribution in [0.3, 0.4) is 0 Å². The fourth-order valence-corrected chi connectivity index (χ4v) is 3.73. The average molecular weight is 431 g/mol. The summed E-state index contributed by atoms with van der Waals surface area (Å²) in [7, 11) is 1.31. The molecule has 0 saturated carbocycles. The number of amides is 4. The summed E-state index contributed by atoms with van der Waals surface area (Å²) in [5.74, 6) is -1.91. The van der Waals surface area contributed by atoms with Crippen LogP contribution < -0.4 is 10.2 Å². The first-order valence-electron chi connectivity index (χ1n) is 9.94. The van der Waals surface area contributed by atoms with Gasteiger partial charge >= 0.3 is 12.0 Å². The largest absolute Gasteiger partial charge is 0.468 e. The minimum absolute atomic E-state index is 0.0204. The molecule has 4 rings (SSSR count). The van der Waals surface area contributed by atoms with Crippen LogP contribution in [0.4, 0.5) is 10.5 Å². The van der Waals surface area contributed by atoms with Gasteiger partial charge in [0.25, 0.3) is 11.8 Å². The number of benzene rings is 2. The molecule has 0 bridgehead atoms. The van der Waals surface area contributed by atoms with Gasteiger partial charge < -0.3 is 9.30 Å². The van der Waals surface area contributed by atoms with E-state index >= 15 is 0 Å². The summed E-state index contributed by atoms with van der Waals surface area (Å²) in [6, 6.07) is 11.8. The highest BCUT2D eigenvalue weighted by atomic mass is 16.5. The Morgan fingerprint density at radius 1 is 1.06 bits per heavy atom. The number of nitrogens with one attached hydrogen (secondary N) is 1. The zero-order valence-corrected chi connectivity index (χ0v) is 17.8. The number of carbonyl (C=O) groups excluding carboxylic acids is 4. The van der Waals surface area contributed by atoms with E-state index in [1.807, 2.05) is 44.2 Å². The number of fused-ring (bicyclic) bond motifs is 1. The summed E-state index contributed by atoms with van der Waals surface area (Å²) in [5.41, 5.74) is 3.23. The number of barbiturate groups is 1. The van der Waals surface area contributed by atoms with Gasteiger partial charge in [-0.05, 0) is 43.2 Å². The molecule has 8 heteroatoms. The molecule has 1 aromatic heterocycles. The molecule has 0 aliphatic carbocycles. The van der Waals surface area contributed by atoms with Crippen LogP contribution in [0.2, 0.25) is 0 Å². The van der Waals surface area contributed by atoms with Crippen LogP contribution in [0.15, 0.2) is 54.2 Å². The second kappa shape index (κ2) is 8.14. The number of hydrogen-bond acceptors (Lipinski definition) is 5. The molecule has 162 valence electrons. The number of aromatic nitrogens is 1. The predicted molar refractivity (Wildman–Crippen MR) is 119 cm³/mol. The fraction of sp³-hybridized carbons (Fsp3) is 0.167. The van der Waals surface area contributed by atoms with Crippen LogP contribution in [0, 0.1) is 13.8 Å². The Labute approximate surface area is 184 Å². The lowest BCUT2D eigenvalue weighted by molar-refractivity contribution is -0.141. The van der Waals surface area contributed by atoms with Gasteiger partial charge in [-0.3, -0.25) is 19.7 Å². The van der Waals surface area contributed by atoms with Gasteiger partial charge in [0.15, 0.2) is 0 Å². The lowest BCUT2D eigenvalue weighted by Crippen LogP contribution is -2.54. The molecule has 1 aliphatic heterocycles. The van der Waals surface area contributed by atoms with Gasteiger partial charge in [-0.15, -0.1) is 0 Å². The third kappa shape index (κ3) is 3.56. The van der Waals surface area contributed by atoms with E-state index in [2.05, 4.69) is 5.32 Å². The summed E-state index contributed by atoms with van der Waals surface area (Å²) >= 11 is 0. The van der Waals surface area contributed by atoms with Gasteiger partial charge in [-0.2, -0.15) is 0 Å². The third-order valence-electron chi connectivity index (χ3n) is 5.56. The standard InChI is InChI=1S/C24H21N3O5/c1-14-7-6-10-19(15(14)2)27-23(30)18(22(29)25-24(27)31)11-16-12-26(13-21(28)32-3)20-9-5-4-8-17(16)20/h4-12H,13H2,1-3H3,(H,25,29,31). The maximum atomic E-state index is 13.3. The van der Waals surface area contributed by atoms with Crippen molar-refractivity contribution in [1.29, 1.82) is 0 Å². The van der Waals surface area contributed by atoms with Crippen molar-refractivity contribution in [2.24, 2.45) is 0 Å². The molecule has 8 nitrogen and oxygen atoms in total. The van der Waals surface area contributed by atoms with Crippen LogP contribution in [0.1, 0.15) is 16.7 Å². The van der Waals surface area contributed by atoms with Crippen molar-refractivity contribution >= 4 is 46.5 Å². The van der Waals surface area contributed by atoms with Gasteiger partial charge in [0.05, 0.1) is 12.8 Å². The Morgan fingerprint density at radius 3 is 2.56 bits per heavy atom. The number of imide groups is 2. The zero-order valence-electron chi connectivity index (χ0n) is 17.8. The summed E-state index contributed by atoms with van der Waals surface area (Å²) in [6.45, 7) is 3.67. The summed E-state index contributed by atoms with van der Waals surface area (Å²) in [6.07, 6.45) is 3.12. The number of rotatable bonds is 4. The molecule has 2 heterocycles. The van der Waals surface area contributed by atoms with Crippen molar-refractivity contribution in [3.63, 3.8) is 0 Å². The smallest absolute Gasteiger partial charge is 0.335 e. The van der Waals surface area contributed by atoms with Crippen molar-refractivity contribution in [3.8, 4) is 0 Å². The minimum Gasteiger partial charge on any atom is -0.468 e. The topological polar surface area (TPSA) is 97.7 Å². The molecule has 2 aromatic carbocycles. The Kier molecular flexibility index (Phi) is 5.36. The number of hydrogen-bond donors (Lipinski definition) is 1. The van der Waals surface area contributed by atoms with E-state index in [0.717, 1.165) is 26.9 Å². The van der Waals surface area contributed by atoms with E-state index in [1.165, 1.54) is 13.2 Å². The molecule has 3 aromatic rings. The molecule has 0 unspecified atom stereocenters. The van der Waals surface area contributed by atoms with Gasteiger partial charge in [0.2, 0.25) is 0 Å². The van der Waals surface area contributed by atoms with E-state index < -0.39 is 23.8 Å². The van der Waals surface area contributed by atoms with E-state index in [1.54, 1.807) is 22.9 Å². The Balaban J connectivity index is 1.81. The van der Waals surface area contributed by atoms with Gasteiger partial charge in [0.1, 0.15) is 12.1 Å². The normalized spacial score (nSPS) is 15.4. The number of methoxy groups -OCH3 is 1. The first kappa shape index (κ1) is 21.0. The van der Waals surface area contributed by atoms with Crippen molar-refractivity contribution < 1.29 is 23.9 Å². The summed E-state index contributed by atoms with van der Waals surface area (Å²) in [5, 5.41) is 3.00. The van der Waals surface area contributed by atoms with Gasteiger partial charge in [-0.1, -0.05) is 30.3 Å². The van der Waals surface area contributed by atoms with Gasteiger partial charge in [0, 0.05) is 22.7 Å². The minimum atomic E-state index is -0.793. The lowest BCUT2D eigenvalue weighted by Gasteiger charge is -2.28. The van der Waals surface area contributed by atoms with Crippen molar-refractivity contribution in [3.05, 3.63) is 70.9 Å². The molecule has 32 heavy (non-hydrogen) atoms. The highest BCUT2D eigenvalue weighted by Gasteiger charge is 2.37. The second-order valence-corrected chi connectivity index (χ2v) is 7.48. The van der Waals surface area contributed by atoms with E-state index in [9.17, 15) is 19.2 Å². The van der Waals surface area contributed by atoms with Crippen molar-refractivity contribution in [2.45, 2.75) is 20.4 Å². The summed E-state index contributed by atoms with van der Waals surface area (Å²) < 4.78 is 6.44. The molecule has 0 radical (unpaired) electrons. The molecule has 1 N–H and O–H groups in total. The Morgan fingerprint density at radius 2 is 1.81 bits per heavy atom. The zero-order chi connectivity index (χ0) is 23.0. The fourth-order valence-electron chi connectivity index (χ4n) is 3.73. The van der Waals surface area contributed by atoms with Crippen LogP contribution in [0.5, 0.6) is 0 Å². The highest BCUT2D eigenvalue weighted by Crippen LogP contribution is 2.29. The Hall–Kier alpha value is -4.20. The van der Waals surface area contributed by atoms with Crippen LogP contribution in [-0.4, -0.2) is 35.5 Å². The molecule has 4 amide bonds. The quantitative estimate of drug-likeness (QED) is 0.389. The first-order chi connectivity index (χ1) is 15.3. The third-order valence-corrected chi connectivity index (χ3v) is 5.56.